The van der Waals surface area contributed by atoms with Crippen LogP contribution in [0.3, 0.4) is 0 Å². The van der Waals surface area contributed by atoms with Crippen molar-refractivity contribution in [2.24, 2.45) is 0 Å². The Morgan fingerprint density at radius 3 is 0.959 bits per heavy atom. The number of unbranched alkanes of at least 4 members (excludes halogenated alkanes) is 16. The van der Waals surface area contributed by atoms with E-state index in [1.807, 2.05) is 0 Å². The molecule has 4 heterocycles. The van der Waals surface area contributed by atoms with Crippen LogP contribution in [0.15, 0.2) is 206 Å². The third-order valence-corrected chi connectivity index (χ3v) is 29.0. The standard InChI is InChI=1S/C33H48B2O4.C30H52B2O4.C22H21Br2N.C20H15Br2N/c1-3-5-7-9-11-13-19-33(20-14-12-10-8-6-4-2)31-25-27(34-36-21-22-37-34)15-17-29(31)30-18-16-28(26-32(30)33)35-38-23-24-39-35;1-11-13-15-17-19-23-21-26(32-35-29(7,8)30(9,10)36-32)24(20-18-16-14-12-2)22-25(23)31-33-27(3,4)28(5,6)34-31;1-3-16(2)17-4-10-20(11-5-17)25(21-12-6-18(23)7-13-21)22-14-8-19(24)9-15-22;21-16-4-9-18(10-5-16)23(19-11-6-17(22)7-12-19)20-8-3-14-1-2-15(14)13-20/h15-18,25-26H,3-14,19-24H2,1-2H3;21-22H,11-20H2,1-10H3;4-16H,3H2,1-2H3;3-13H,1-2H2. The number of aryl methyl sites for hydroxylation is 4. The quantitative estimate of drug-likeness (QED) is 0.0280. The molecule has 4 aliphatic heterocycles. The van der Waals surface area contributed by atoms with Crippen molar-refractivity contribution in [3.8, 4) is 11.1 Å². The number of anilines is 6. The number of halogens is 4. The van der Waals surface area contributed by atoms with Gasteiger partial charge in [-0.05, 0) is 312 Å². The van der Waals surface area contributed by atoms with Gasteiger partial charge in [0.05, 0.1) is 48.8 Å². The third kappa shape index (κ3) is 24.7. The summed E-state index contributed by atoms with van der Waals surface area (Å²) >= 11 is 14.1. The van der Waals surface area contributed by atoms with Gasteiger partial charge >= 0.3 is 28.5 Å². The number of benzene rings is 9. The van der Waals surface area contributed by atoms with E-state index < -0.39 is 0 Å². The maximum atomic E-state index is 6.56. The fourth-order valence-corrected chi connectivity index (χ4v) is 18.8. The van der Waals surface area contributed by atoms with Crippen LogP contribution in [0.2, 0.25) is 0 Å². The number of nitrogens with zero attached hydrogens (tertiary/aromatic N) is 2. The summed E-state index contributed by atoms with van der Waals surface area (Å²) in [6.07, 6.45) is 33.6. The highest BCUT2D eigenvalue weighted by Crippen LogP contribution is 2.54. The zero-order valence-corrected chi connectivity index (χ0v) is 82.7. The molecule has 0 amide bonds. The second kappa shape index (κ2) is 45.6. The molecular formula is C105H136B4Br4N2O8. The molecule has 9 aromatic carbocycles. The molecule has 123 heavy (non-hydrogen) atoms. The lowest BCUT2D eigenvalue weighted by molar-refractivity contribution is 0.00578. The Morgan fingerprint density at radius 2 is 0.634 bits per heavy atom. The van der Waals surface area contributed by atoms with E-state index in [0.29, 0.717) is 32.3 Å². The van der Waals surface area contributed by atoms with Gasteiger partial charge in [0.2, 0.25) is 0 Å². The first-order valence-electron chi connectivity index (χ1n) is 46.8. The van der Waals surface area contributed by atoms with E-state index >= 15 is 0 Å². The van der Waals surface area contributed by atoms with Gasteiger partial charge in [-0.3, -0.25) is 0 Å². The lowest BCUT2D eigenvalue weighted by Gasteiger charge is -2.33. The minimum atomic E-state index is -0.358. The molecule has 654 valence electrons. The van der Waals surface area contributed by atoms with Crippen LogP contribution in [-0.2, 0) is 68.3 Å². The third-order valence-electron chi connectivity index (χ3n) is 26.9. The van der Waals surface area contributed by atoms with Gasteiger partial charge < -0.3 is 47.0 Å². The number of hydrogen-bond acceptors (Lipinski definition) is 10. The highest BCUT2D eigenvalue weighted by molar-refractivity contribution is 9.11. The van der Waals surface area contributed by atoms with Crippen molar-refractivity contribution >= 4 is 148 Å². The zero-order valence-electron chi connectivity index (χ0n) is 76.4. The summed E-state index contributed by atoms with van der Waals surface area (Å²) in [5.41, 5.74) is 23.0. The summed E-state index contributed by atoms with van der Waals surface area (Å²) in [5.74, 6) is 0.586. The predicted molar refractivity (Wildman–Crippen MR) is 536 cm³/mol. The zero-order chi connectivity index (χ0) is 87.3. The highest BCUT2D eigenvalue weighted by atomic mass is 79.9. The molecule has 0 N–H and O–H groups in total. The van der Waals surface area contributed by atoms with Crippen LogP contribution in [0, 0.1) is 0 Å². The van der Waals surface area contributed by atoms with E-state index in [0.717, 1.165) is 76.5 Å². The maximum Gasteiger partial charge on any atom is 0.495 e. The SMILES string of the molecule is Brc1ccc(N(c2ccc(Br)cc2)c2ccc3c(c2)CC3)cc1.CCC(C)c1ccc(N(c2ccc(Br)cc2)c2ccc(Br)cc2)cc1.CCCCCCCCC1(CCCCCCCC)c2cc(B3OCCO3)ccc2-c2ccc(B3OCCO3)cc21.CCCCCCc1cc(B2OC(C)(C)C(C)(C)O2)c(CCCCCC)cc1B1OC(C)(C)C(C)(C)O1. The second-order valence-corrected chi connectivity index (χ2v) is 40.5. The van der Waals surface area contributed by atoms with Gasteiger partial charge in [-0.1, -0.05) is 288 Å². The molecule has 4 saturated heterocycles. The lowest BCUT2D eigenvalue weighted by atomic mass is 9.67. The van der Waals surface area contributed by atoms with Crippen molar-refractivity contribution in [3.05, 3.63) is 245 Å². The van der Waals surface area contributed by atoms with Gasteiger partial charge in [-0.2, -0.15) is 0 Å². The molecule has 1 atom stereocenters. The van der Waals surface area contributed by atoms with E-state index in [1.165, 1.54) is 221 Å². The largest absolute Gasteiger partial charge is 0.495 e. The van der Waals surface area contributed by atoms with E-state index in [1.54, 1.807) is 0 Å². The summed E-state index contributed by atoms with van der Waals surface area (Å²) < 4.78 is 54.4. The molecule has 10 nitrogen and oxygen atoms in total. The minimum Gasteiger partial charge on any atom is -0.405 e. The van der Waals surface area contributed by atoms with Crippen LogP contribution < -0.4 is 31.7 Å². The van der Waals surface area contributed by atoms with Gasteiger partial charge in [-0.15, -0.1) is 0 Å². The van der Waals surface area contributed by atoms with Crippen molar-refractivity contribution in [1.82, 2.24) is 0 Å². The maximum absolute atomic E-state index is 6.56. The molecular weight excluding hydrogens is 1780 g/mol. The first-order chi connectivity index (χ1) is 59.3. The average molecular weight is 1920 g/mol. The minimum absolute atomic E-state index is 0.0173. The van der Waals surface area contributed by atoms with Crippen molar-refractivity contribution in [2.45, 2.75) is 304 Å². The lowest BCUT2D eigenvalue weighted by Crippen LogP contribution is -2.43. The molecule has 15 rings (SSSR count). The summed E-state index contributed by atoms with van der Waals surface area (Å²) in [7, 11) is -1.18. The Bertz CT molecular complexity index is 4510. The van der Waals surface area contributed by atoms with Crippen molar-refractivity contribution < 1.29 is 37.2 Å². The normalized spacial score (nSPS) is 16.8. The van der Waals surface area contributed by atoms with Crippen molar-refractivity contribution in [1.29, 1.82) is 0 Å². The fraction of sp³-hybridized carbons (Fsp3) is 0.486. The van der Waals surface area contributed by atoms with Crippen LogP contribution >= 0.6 is 63.7 Å². The van der Waals surface area contributed by atoms with Crippen molar-refractivity contribution in [3.63, 3.8) is 0 Å². The summed E-state index contributed by atoms with van der Waals surface area (Å²) in [6.45, 7) is 33.4. The van der Waals surface area contributed by atoms with Gasteiger partial charge in [0.1, 0.15) is 0 Å². The van der Waals surface area contributed by atoms with Gasteiger partial charge in [0, 0.05) is 57.4 Å². The Balaban J connectivity index is 0.000000153. The molecule has 2 aliphatic carbocycles. The van der Waals surface area contributed by atoms with Gasteiger partial charge in [0.15, 0.2) is 0 Å². The predicted octanol–water partition coefficient (Wildman–Crippen LogP) is 28.4. The average Bonchev–Trinajstić information content (AvgIpc) is 1.56. The first kappa shape index (κ1) is 96.5. The molecule has 0 saturated carbocycles. The van der Waals surface area contributed by atoms with Gasteiger partial charge in [0.25, 0.3) is 0 Å². The topological polar surface area (TPSA) is 80.3 Å². The van der Waals surface area contributed by atoms with E-state index in [4.69, 9.17) is 37.2 Å². The Kier molecular flexibility index (Phi) is 35.8. The molecule has 0 aromatic heterocycles. The monoisotopic (exact) mass is 1910 g/mol. The molecule has 1 unspecified atom stereocenters. The van der Waals surface area contributed by atoms with Crippen LogP contribution in [0.25, 0.3) is 11.1 Å². The van der Waals surface area contributed by atoms with Crippen LogP contribution in [0.4, 0.5) is 34.1 Å². The highest BCUT2D eigenvalue weighted by Gasteiger charge is 2.55. The molecule has 4 fully saturated rings. The van der Waals surface area contributed by atoms with E-state index in [9.17, 15) is 0 Å². The van der Waals surface area contributed by atoms with Crippen molar-refractivity contribution in [2.75, 3.05) is 36.2 Å². The van der Waals surface area contributed by atoms with Crippen LogP contribution in [0.1, 0.15) is 289 Å². The van der Waals surface area contributed by atoms with Gasteiger partial charge in [-0.25, -0.2) is 0 Å². The summed E-state index contributed by atoms with van der Waals surface area (Å²) in [5, 5.41) is 0. The molecule has 6 aliphatic rings. The summed E-state index contributed by atoms with van der Waals surface area (Å²) in [4.78, 5) is 4.58. The number of fused-ring (bicyclic) bond motifs is 4. The molecule has 0 spiro atoms. The fourth-order valence-electron chi connectivity index (χ4n) is 17.8. The molecule has 9 aromatic rings. The number of hydrogen-bond donors (Lipinski definition) is 0. The Hall–Kier alpha value is -5.56. The smallest absolute Gasteiger partial charge is 0.405 e. The summed E-state index contributed by atoms with van der Waals surface area (Å²) in [6, 6.07) is 68.2. The Labute approximate surface area is 775 Å². The molecule has 0 radical (unpaired) electrons. The molecule has 18 heteroatoms. The molecule has 0 bridgehead atoms. The van der Waals surface area contributed by atoms with E-state index in [-0.39, 0.29) is 56.3 Å². The number of rotatable bonds is 36. The van der Waals surface area contributed by atoms with Crippen LogP contribution in [0.5, 0.6) is 0 Å². The van der Waals surface area contributed by atoms with E-state index in [2.05, 4.69) is 359 Å². The van der Waals surface area contributed by atoms with Crippen LogP contribution in [-0.4, -0.2) is 77.3 Å². The first-order valence-corrected chi connectivity index (χ1v) is 49.9. The second-order valence-electron chi connectivity index (χ2n) is 36.9. The Morgan fingerprint density at radius 1 is 0.325 bits per heavy atom.